The summed E-state index contributed by atoms with van der Waals surface area (Å²) in [6.07, 6.45) is 3.77. The summed E-state index contributed by atoms with van der Waals surface area (Å²) in [5.74, 6) is 0.686. The number of ether oxygens (including phenoxy) is 1. The minimum absolute atomic E-state index is 0.272. The van der Waals surface area contributed by atoms with Gasteiger partial charge in [0.1, 0.15) is 12.1 Å². The average molecular weight is 276 g/mol. The summed E-state index contributed by atoms with van der Waals surface area (Å²) in [7, 11) is 3.12. The zero-order valence-electron chi connectivity index (χ0n) is 11.3. The second-order valence-corrected chi connectivity index (χ2v) is 4.12. The van der Waals surface area contributed by atoms with Gasteiger partial charge in [0, 0.05) is 26.2 Å². The number of hydrogen-bond acceptors (Lipinski definition) is 7. The maximum atomic E-state index is 11.5. The Kier molecular flexibility index (Phi) is 4.14. The minimum atomic E-state index is -0.487. The van der Waals surface area contributed by atoms with Crippen molar-refractivity contribution < 1.29 is 9.53 Å². The van der Waals surface area contributed by atoms with E-state index in [2.05, 4.69) is 25.1 Å². The van der Waals surface area contributed by atoms with Crippen molar-refractivity contribution >= 4 is 17.5 Å². The van der Waals surface area contributed by atoms with Crippen LogP contribution >= 0.6 is 0 Å². The first-order valence-electron chi connectivity index (χ1n) is 6.03. The average Bonchev–Trinajstić information content (AvgIpc) is 2.85. The summed E-state index contributed by atoms with van der Waals surface area (Å²) >= 11 is 0. The van der Waals surface area contributed by atoms with Crippen LogP contribution in [0.2, 0.25) is 0 Å². The van der Waals surface area contributed by atoms with E-state index in [0.717, 1.165) is 5.82 Å². The zero-order chi connectivity index (χ0) is 14.5. The first-order valence-corrected chi connectivity index (χ1v) is 6.03. The molecule has 20 heavy (non-hydrogen) atoms. The van der Waals surface area contributed by atoms with E-state index in [1.165, 1.54) is 19.4 Å². The van der Waals surface area contributed by atoms with Crippen molar-refractivity contribution in [1.82, 2.24) is 19.7 Å². The van der Waals surface area contributed by atoms with Gasteiger partial charge < -0.3 is 15.8 Å². The summed E-state index contributed by atoms with van der Waals surface area (Å²) < 4.78 is 6.29. The molecule has 2 aromatic rings. The molecule has 106 valence electrons. The highest BCUT2D eigenvalue weighted by molar-refractivity contribution is 5.97. The Morgan fingerprint density at radius 3 is 2.95 bits per heavy atom. The number of nitrogens with two attached hydrogens (primary N) is 1. The molecule has 0 aliphatic rings. The molecule has 0 bridgehead atoms. The van der Waals surface area contributed by atoms with Gasteiger partial charge in [-0.25, -0.2) is 14.8 Å². The Morgan fingerprint density at radius 1 is 1.50 bits per heavy atom. The van der Waals surface area contributed by atoms with Crippen molar-refractivity contribution in [3.05, 3.63) is 30.0 Å². The topological polar surface area (TPSA) is 108 Å². The molecule has 0 radical (unpaired) electrons. The molecule has 0 amide bonds. The number of aryl methyl sites for hydroxylation is 1. The molecule has 0 saturated carbocycles. The number of carbonyl (C=O) groups excluding carboxylic acids is 1. The number of nitrogens with one attached hydrogen (secondary N) is 1. The second-order valence-electron chi connectivity index (χ2n) is 4.12. The van der Waals surface area contributed by atoms with E-state index < -0.39 is 5.97 Å². The lowest BCUT2D eigenvalue weighted by molar-refractivity contribution is 0.0602. The molecule has 2 heterocycles. The van der Waals surface area contributed by atoms with E-state index in [1.54, 1.807) is 11.0 Å². The van der Waals surface area contributed by atoms with E-state index in [4.69, 9.17) is 5.73 Å². The summed E-state index contributed by atoms with van der Waals surface area (Å²) in [6.45, 7) is 0.561. The van der Waals surface area contributed by atoms with Gasteiger partial charge in [-0.2, -0.15) is 5.10 Å². The Bertz CT molecular complexity index is 610. The van der Waals surface area contributed by atoms with Gasteiger partial charge in [0.15, 0.2) is 5.82 Å². The van der Waals surface area contributed by atoms with Gasteiger partial charge >= 0.3 is 5.97 Å². The number of esters is 1. The largest absolute Gasteiger partial charge is 0.465 e. The lowest BCUT2D eigenvalue weighted by atomic mass is 10.2. The molecule has 0 atom stereocenters. The van der Waals surface area contributed by atoms with E-state index in [-0.39, 0.29) is 5.69 Å². The van der Waals surface area contributed by atoms with Crippen LogP contribution in [0.15, 0.2) is 18.6 Å². The quantitative estimate of drug-likeness (QED) is 0.753. The standard InChI is InChI=1S/C12H16N6O2/c1-18-7-16-9(17-18)4-6-15-11-10(13)8(3-5-14-11)12(19)20-2/h3,5,7H,4,6,13H2,1-2H3,(H,14,15). The Morgan fingerprint density at radius 2 is 2.30 bits per heavy atom. The van der Waals surface area contributed by atoms with Crippen LogP contribution in [0.1, 0.15) is 16.2 Å². The fourth-order valence-corrected chi connectivity index (χ4v) is 1.69. The Hall–Kier alpha value is -2.64. The number of nitrogens with zero attached hydrogens (tertiary/aromatic N) is 4. The molecule has 0 spiro atoms. The maximum Gasteiger partial charge on any atom is 0.340 e. The zero-order valence-corrected chi connectivity index (χ0v) is 11.3. The van der Waals surface area contributed by atoms with Crippen LogP contribution < -0.4 is 11.1 Å². The molecule has 2 rings (SSSR count). The highest BCUT2D eigenvalue weighted by atomic mass is 16.5. The predicted octanol–water partition coefficient (Wildman–Crippen LogP) is 0.233. The van der Waals surface area contributed by atoms with Crippen molar-refractivity contribution in [2.24, 2.45) is 7.05 Å². The third-order valence-corrected chi connectivity index (χ3v) is 2.68. The van der Waals surface area contributed by atoms with Gasteiger partial charge in [0.2, 0.25) is 0 Å². The van der Waals surface area contributed by atoms with Crippen LogP contribution in [0.25, 0.3) is 0 Å². The normalized spacial score (nSPS) is 10.3. The van der Waals surface area contributed by atoms with Crippen LogP contribution in [0.3, 0.4) is 0 Å². The van der Waals surface area contributed by atoms with Crippen LogP contribution in [0.5, 0.6) is 0 Å². The molecule has 8 nitrogen and oxygen atoms in total. The van der Waals surface area contributed by atoms with Gasteiger partial charge in [-0.1, -0.05) is 0 Å². The molecular formula is C12H16N6O2. The highest BCUT2D eigenvalue weighted by Gasteiger charge is 2.13. The van der Waals surface area contributed by atoms with Gasteiger partial charge in [0.05, 0.1) is 18.4 Å². The molecule has 0 aliphatic carbocycles. The monoisotopic (exact) mass is 276 g/mol. The van der Waals surface area contributed by atoms with Crippen LogP contribution in [0, 0.1) is 0 Å². The van der Waals surface area contributed by atoms with Crippen LogP contribution in [-0.2, 0) is 18.2 Å². The summed E-state index contributed by atoms with van der Waals surface area (Å²) in [5.41, 5.74) is 6.45. The molecule has 0 aliphatic heterocycles. The smallest absolute Gasteiger partial charge is 0.340 e. The summed E-state index contributed by atoms with van der Waals surface area (Å²) in [6, 6.07) is 1.52. The lowest BCUT2D eigenvalue weighted by Crippen LogP contribution is -2.13. The molecule has 8 heteroatoms. The third kappa shape index (κ3) is 3.02. The fourth-order valence-electron chi connectivity index (χ4n) is 1.69. The maximum absolute atomic E-state index is 11.5. The van der Waals surface area contributed by atoms with Gasteiger partial charge in [-0.05, 0) is 6.07 Å². The number of rotatable bonds is 5. The second kappa shape index (κ2) is 6.00. The number of carbonyl (C=O) groups is 1. The Labute approximate surface area is 116 Å². The highest BCUT2D eigenvalue weighted by Crippen LogP contribution is 2.20. The van der Waals surface area contributed by atoms with E-state index in [9.17, 15) is 4.79 Å². The van der Waals surface area contributed by atoms with Gasteiger partial charge in [-0.3, -0.25) is 4.68 Å². The molecule has 0 fully saturated rings. The first-order chi connectivity index (χ1) is 9.61. The number of anilines is 2. The predicted molar refractivity (Wildman–Crippen MR) is 73.2 cm³/mol. The number of aromatic nitrogens is 4. The molecule has 2 aromatic heterocycles. The van der Waals surface area contributed by atoms with Gasteiger partial charge in [-0.15, -0.1) is 0 Å². The van der Waals surface area contributed by atoms with Crippen LogP contribution in [0.4, 0.5) is 11.5 Å². The van der Waals surface area contributed by atoms with Crippen LogP contribution in [-0.4, -0.2) is 39.4 Å². The van der Waals surface area contributed by atoms with Crippen molar-refractivity contribution in [2.45, 2.75) is 6.42 Å². The first kappa shape index (κ1) is 13.8. The van der Waals surface area contributed by atoms with E-state index in [1.807, 2.05) is 7.05 Å². The molecule has 0 aromatic carbocycles. The SMILES string of the molecule is COC(=O)c1ccnc(NCCc2ncn(C)n2)c1N. The lowest BCUT2D eigenvalue weighted by Gasteiger charge is -2.10. The fraction of sp³-hybridized carbons (Fsp3) is 0.333. The van der Waals surface area contributed by atoms with Crippen molar-refractivity contribution in [1.29, 1.82) is 0 Å². The summed E-state index contributed by atoms with van der Waals surface area (Å²) in [4.78, 5) is 19.7. The molecule has 0 unspecified atom stereocenters. The molecular weight excluding hydrogens is 260 g/mol. The van der Waals surface area contributed by atoms with Crippen molar-refractivity contribution in [2.75, 3.05) is 24.7 Å². The van der Waals surface area contributed by atoms with E-state index in [0.29, 0.717) is 24.3 Å². The third-order valence-electron chi connectivity index (χ3n) is 2.68. The van der Waals surface area contributed by atoms with Gasteiger partial charge in [0.25, 0.3) is 0 Å². The molecule has 0 saturated heterocycles. The number of methoxy groups -OCH3 is 1. The van der Waals surface area contributed by atoms with E-state index >= 15 is 0 Å². The number of pyridine rings is 1. The van der Waals surface area contributed by atoms with Crippen molar-refractivity contribution in [3.63, 3.8) is 0 Å². The Balaban J connectivity index is 2.01. The minimum Gasteiger partial charge on any atom is -0.465 e. The molecule has 3 N–H and O–H groups in total. The van der Waals surface area contributed by atoms with Crippen molar-refractivity contribution in [3.8, 4) is 0 Å². The summed E-state index contributed by atoms with van der Waals surface area (Å²) in [5, 5.41) is 7.22. The number of hydrogen-bond donors (Lipinski definition) is 2. The number of nitrogen functional groups attached to an aromatic ring is 1.